The number of pyridine rings is 1. The fraction of sp³-hybridized carbons (Fsp3) is 0.579. The van der Waals surface area contributed by atoms with Crippen molar-refractivity contribution in [3.05, 3.63) is 46.2 Å². The number of thiazole rings is 1. The van der Waals surface area contributed by atoms with E-state index in [1.807, 2.05) is 19.2 Å². The lowest BCUT2D eigenvalue weighted by Crippen LogP contribution is -2.32. The molecule has 1 saturated carbocycles. The van der Waals surface area contributed by atoms with Crippen LogP contribution in [-0.2, 0) is 17.9 Å². The summed E-state index contributed by atoms with van der Waals surface area (Å²) in [5.41, 5.74) is 2.60. The van der Waals surface area contributed by atoms with Crippen molar-refractivity contribution in [2.24, 2.45) is 11.3 Å². The number of hydrogen-bond acceptors (Lipinski definition) is 5. The first-order chi connectivity index (χ1) is 11.7. The van der Waals surface area contributed by atoms with Gasteiger partial charge in [-0.2, -0.15) is 0 Å². The lowest BCUT2D eigenvalue weighted by atomic mass is 9.81. The fourth-order valence-corrected chi connectivity index (χ4v) is 5.03. The molecule has 0 aromatic carbocycles. The van der Waals surface area contributed by atoms with Gasteiger partial charge < -0.3 is 4.74 Å². The minimum Gasteiger partial charge on any atom is -0.374 e. The summed E-state index contributed by atoms with van der Waals surface area (Å²) in [6, 6.07) is 6.19. The van der Waals surface area contributed by atoms with E-state index in [1.165, 1.54) is 31.5 Å². The van der Waals surface area contributed by atoms with Crippen molar-refractivity contribution in [1.82, 2.24) is 14.9 Å². The van der Waals surface area contributed by atoms with Crippen LogP contribution in [0.3, 0.4) is 0 Å². The lowest BCUT2D eigenvalue weighted by molar-refractivity contribution is 0.0254. The maximum atomic E-state index is 6.12. The minimum absolute atomic E-state index is 0.347. The second-order valence-electron chi connectivity index (χ2n) is 7.29. The molecule has 0 bridgehead atoms. The summed E-state index contributed by atoms with van der Waals surface area (Å²) in [6.07, 6.45) is 5.88. The first-order valence-corrected chi connectivity index (χ1v) is 9.72. The molecule has 0 unspecified atom stereocenters. The van der Waals surface area contributed by atoms with E-state index in [0.29, 0.717) is 12.0 Å². The second kappa shape index (κ2) is 6.90. The van der Waals surface area contributed by atoms with Crippen LogP contribution in [0.1, 0.15) is 35.7 Å². The van der Waals surface area contributed by atoms with Gasteiger partial charge in [-0.3, -0.25) is 9.88 Å². The molecule has 24 heavy (non-hydrogen) atoms. The van der Waals surface area contributed by atoms with Gasteiger partial charge in [0, 0.05) is 36.6 Å². The molecule has 0 radical (unpaired) electrons. The molecule has 2 atom stereocenters. The number of hydrogen-bond donors (Lipinski definition) is 0. The maximum Gasteiger partial charge on any atom is 0.0898 e. The molecule has 2 fully saturated rings. The summed E-state index contributed by atoms with van der Waals surface area (Å²) in [7, 11) is 0. The lowest BCUT2D eigenvalue weighted by Gasteiger charge is -2.28. The number of aryl methyl sites for hydroxylation is 1. The van der Waals surface area contributed by atoms with Crippen molar-refractivity contribution in [2.75, 3.05) is 19.7 Å². The number of fused-ring (bicyclic) bond motifs is 1. The highest BCUT2D eigenvalue weighted by Gasteiger charge is 2.49. The van der Waals surface area contributed by atoms with Gasteiger partial charge in [0.25, 0.3) is 0 Å². The zero-order valence-corrected chi connectivity index (χ0v) is 15.1. The third-order valence-corrected chi connectivity index (χ3v) is 6.35. The topological polar surface area (TPSA) is 38.2 Å². The van der Waals surface area contributed by atoms with E-state index in [0.717, 1.165) is 36.3 Å². The van der Waals surface area contributed by atoms with Crippen molar-refractivity contribution < 1.29 is 4.74 Å². The van der Waals surface area contributed by atoms with Crippen LogP contribution in [0.4, 0.5) is 0 Å². The van der Waals surface area contributed by atoms with E-state index in [-0.39, 0.29) is 0 Å². The van der Waals surface area contributed by atoms with Crippen LogP contribution in [0, 0.1) is 18.3 Å². The van der Waals surface area contributed by atoms with Crippen molar-refractivity contribution in [2.45, 2.75) is 39.3 Å². The number of rotatable bonds is 6. The first kappa shape index (κ1) is 16.2. The third-order valence-electron chi connectivity index (χ3n) is 5.53. The Labute approximate surface area is 147 Å². The zero-order valence-electron chi connectivity index (χ0n) is 14.3. The first-order valence-electron chi connectivity index (χ1n) is 8.85. The Morgan fingerprint density at radius 3 is 3.12 bits per heavy atom. The van der Waals surface area contributed by atoms with Crippen molar-refractivity contribution in [3.8, 4) is 0 Å². The van der Waals surface area contributed by atoms with Gasteiger partial charge in [-0.1, -0.05) is 12.5 Å². The molecule has 1 saturated heterocycles. The van der Waals surface area contributed by atoms with E-state index in [4.69, 9.17) is 4.74 Å². The third kappa shape index (κ3) is 3.39. The summed E-state index contributed by atoms with van der Waals surface area (Å²) in [4.78, 5) is 11.6. The summed E-state index contributed by atoms with van der Waals surface area (Å²) in [6.45, 7) is 6.86. The quantitative estimate of drug-likeness (QED) is 0.802. The number of nitrogens with zero attached hydrogens (tertiary/aromatic N) is 3. The van der Waals surface area contributed by atoms with Gasteiger partial charge in [0.1, 0.15) is 0 Å². The molecule has 2 aromatic rings. The van der Waals surface area contributed by atoms with E-state index in [2.05, 4.69) is 32.4 Å². The van der Waals surface area contributed by atoms with Crippen LogP contribution in [0.5, 0.6) is 0 Å². The molecule has 0 amide bonds. The predicted octanol–water partition coefficient (Wildman–Crippen LogP) is 3.67. The van der Waals surface area contributed by atoms with Crippen LogP contribution < -0.4 is 0 Å². The standard InChI is InChI=1S/C19H25N3OS/c1-15-21-18(12-24-15)11-23-14-19-7-4-5-16(19)9-22(13-19)10-17-6-2-3-8-20-17/h2-3,6,8,12,16H,4-5,7,9-11,13-14H2,1H3/t16-,19+/m0/s1. The van der Waals surface area contributed by atoms with Gasteiger partial charge in [0.05, 0.1) is 29.6 Å². The Morgan fingerprint density at radius 1 is 1.38 bits per heavy atom. The highest BCUT2D eigenvalue weighted by Crippen LogP contribution is 2.49. The minimum atomic E-state index is 0.347. The number of likely N-dealkylation sites (tertiary alicyclic amines) is 1. The molecule has 2 aromatic heterocycles. The predicted molar refractivity (Wildman–Crippen MR) is 95.8 cm³/mol. The molecular weight excluding hydrogens is 318 g/mol. The maximum absolute atomic E-state index is 6.12. The van der Waals surface area contributed by atoms with Crippen LogP contribution in [0.15, 0.2) is 29.8 Å². The van der Waals surface area contributed by atoms with Crippen molar-refractivity contribution >= 4 is 11.3 Å². The molecular formula is C19H25N3OS. The van der Waals surface area contributed by atoms with Gasteiger partial charge in [-0.15, -0.1) is 11.3 Å². The van der Waals surface area contributed by atoms with Gasteiger partial charge in [-0.05, 0) is 37.8 Å². The van der Waals surface area contributed by atoms with E-state index in [9.17, 15) is 0 Å². The van der Waals surface area contributed by atoms with Gasteiger partial charge in [-0.25, -0.2) is 4.98 Å². The van der Waals surface area contributed by atoms with Crippen LogP contribution in [0.2, 0.25) is 0 Å². The van der Waals surface area contributed by atoms with Crippen LogP contribution >= 0.6 is 11.3 Å². The molecule has 1 aliphatic heterocycles. The average Bonchev–Trinajstić information content (AvgIpc) is 3.23. The zero-order chi connectivity index (χ0) is 16.4. The molecule has 0 N–H and O–H groups in total. The van der Waals surface area contributed by atoms with Gasteiger partial charge in [0.2, 0.25) is 0 Å². The summed E-state index contributed by atoms with van der Waals surface area (Å²) in [5.74, 6) is 0.776. The SMILES string of the molecule is Cc1nc(COC[C@]23CCC[C@H]2CN(Cc2ccccn2)C3)cs1. The van der Waals surface area contributed by atoms with Crippen molar-refractivity contribution in [3.63, 3.8) is 0 Å². The Balaban J connectivity index is 1.35. The highest BCUT2D eigenvalue weighted by atomic mass is 32.1. The average molecular weight is 343 g/mol. The Hall–Kier alpha value is -1.30. The molecule has 2 aliphatic rings. The van der Waals surface area contributed by atoms with Gasteiger partial charge in [0.15, 0.2) is 0 Å². The fourth-order valence-electron chi connectivity index (χ4n) is 4.44. The summed E-state index contributed by atoms with van der Waals surface area (Å²) < 4.78 is 6.12. The van der Waals surface area contributed by atoms with Crippen molar-refractivity contribution in [1.29, 1.82) is 0 Å². The largest absolute Gasteiger partial charge is 0.374 e. The Bertz CT molecular complexity index is 674. The molecule has 128 valence electrons. The normalized spacial score (nSPS) is 26.8. The Morgan fingerprint density at radius 2 is 2.33 bits per heavy atom. The van der Waals surface area contributed by atoms with E-state index < -0.39 is 0 Å². The molecule has 1 aliphatic carbocycles. The molecule has 0 spiro atoms. The van der Waals surface area contributed by atoms with Crippen LogP contribution in [-0.4, -0.2) is 34.6 Å². The Kier molecular flexibility index (Phi) is 4.66. The van der Waals surface area contributed by atoms with Gasteiger partial charge >= 0.3 is 0 Å². The summed E-state index contributed by atoms with van der Waals surface area (Å²) >= 11 is 1.70. The van der Waals surface area contributed by atoms with E-state index in [1.54, 1.807) is 11.3 Å². The second-order valence-corrected chi connectivity index (χ2v) is 8.36. The summed E-state index contributed by atoms with van der Waals surface area (Å²) in [5, 5.41) is 3.23. The molecule has 4 rings (SSSR count). The molecule has 4 nitrogen and oxygen atoms in total. The molecule has 5 heteroatoms. The molecule has 3 heterocycles. The monoisotopic (exact) mass is 343 g/mol. The smallest absolute Gasteiger partial charge is 0.0898 e. The van der Waals surface area contributed by atoms with E-state index >= 15 is 0 Å². The highest BCUT2D eigenvalue weighted by molar-refractivity contribution is 7.09. The number of aromatic nitrogens is 2. The van der Waals surface area contributed by atoms with Crippen LogP contribution in [0.25, 0.3) is 0 Å². The number of ether oxygens (including phenoxy) is 1.